The van der Waals surface area contributed by atoms with Crippen LogP contribution >= 0.6 is 0 Å². The van der Waals surface area contributed by atoms with Gasteiger partial charge in [-0.25, -0.2) is 4.98 Å². The molecule has 1 N–H and O–H groups in total. The Bertz CT molecular complexity index is 1040. The number of amides is 2. The first-order valence-electron chi connectivity index (χ1n) is 12.9. The molecular formula is C28H36N4O4. The van der Waals surface area contributed by atoms with Crippen molar-refractivity contribution in [3.05, 3.63) is 54.2 Å². The van der Waals surface area contributed by atoms with E-state index in [9.17, 15) is 19.5 Å². The van der Waals surface area contributed by atoms with E-state index in [0.717, 1.165) is 11.5 Å². The topological polar surface area (TPSA) is 94.1 Å². The number of hydrogen-bond acceptors (Lipinski definition) is 5. The van der Waals surface area contributed by atoms with Gasteiger partial charge in [-0.2, -0.15) is 0 Å². The maximum absolute atomic E-state index is 13.3. The number of hydrogen-bond donors (Lipinski definition) is 1. The number of aliphatic carboxylic acids is 1. The number of para-hydroxylation sites is 1. The highest BCUT2D eigenvalue weighted by molar-refractivity contribution is 6.06. The standard InChI is InChI=1S/C28H36N4O4/c1-20(2)19-32(24-6-4-3-5-7-24)27(34)23-12-13-25(29-18-23)30-14-16-31(17-15-30)26(33)21-8-10-22(11-9-21)28(35)36/h3-7,12-13,18,20-22H,8-11,14-17,19H2,1-2H3,(H,35,36). The molecule has 1 saturated carbocycles. The first-order chi connectivity index (χ1) is 17.3. The Morgan fingerprint density at radius 1 is 0.944 bits per heavy atom. The zero-order valence-corrected chi connectivity index (χ0v) is 21.2. The summed E-state index contributed by atoms with van der Waals surface area (Å²) >= 11 is 0. The Kier molecular flexibility index (Phi) is 8.23. The minimum atomic E-state index is -0.748. The third-order valence-electron chi connectivity index (χ3n) is 7.20. The Balaban J connectivity index is 1.33. The SMILES string of the molecule is CC(C)CN(C(=O)c1ccc(N2CCN(C(=O)C3CCC(C(=O)O)CC3)CC2)nc1)c1ccccc1. The van der Waals surface area contributed by atoms with Crippen molar-refractivity contribution >= 4 is 29.3 Å². The number of carbonyl (C=O) groups excluding carboxylic acids is 2. The summed E-state index contributed by atoms with van der Waals surface area (Å²) in [5, 5.41) is 9.18. The third kappa shape index (κ3) is 6.04. The van der Waals surface area contributed by atoms with Crippen LogP contribution < -0.4 is 9.80 Å². The zero-order chi connectivity index (χ0) is 25.7. The van der Waals surface area contributed by atoms with Crippen LogP contribution in [0, 0.1) is 17.8 Å². The van der Waals surface area contributed by atoms with Crippen LogP contribution in [-0.2, 0) is 9.59 Å². The van der Waals surface area contributed by atoms with E-state index in [1.807, 2.05) is 47.4 Å². The summed E-state index contributed by atoms with van der Waals surface area (Å²) < 4.78 is 0. The average molecular weight is 493 g/mol. The summed E-state index contributed by atoms with van der Waals surface area (Å²) in [6.45, 7) is 7.41. The summed E-state index contributed by atoms with van der Waals surface area (Å²) in [6.07, 6.45) is 4.12. The molecule has 2 aromatic rings. The Morgan fingerprint density at radius 2 is 1.58 bits per heavy atom. The Labute approximate surface area is 212 Å². The average Bonchev–Trinajstić information content (AvgIpc) is 2.91. The van der Waals surface area contributed by atoms with E-state index in [4.69, 9.17) is 0 Å². The van der Waals surface area contributed by atoms with Crippen LogP contribution in [0.5, 0.6) is 0 Å². The molecule has 192 valence electrons. The van der Waals surface area contributed by atoms with Gasteiger partial charge in [0.15, 0.2) is 0 Å². The number of rotatable bonds is 7. The number of benzene rings is 1. The normalized spacial score (nSPS) is 20.3. The van der Waals surface area contributed by atoms with Gasteiger partial charge < -0.3 is 19.8 Å². The van der Waals surface area contributed by atoms with Crippen LogP contribution in [0.3, 0.4) is 0 Å². The molecule has 8 nitrogen and oxygen atoms in total. The van der Waals surface area contributed by atoms with Crippen LogP contribution in [0.4, 0.5) is 11.5 Å². The summed E-state index contributed by atoms with van der Waals surface area (Å²) in [4.78, 5) is 47.8. The van der Waals surface area contributed by atoms with E-state index in [1.54, 1.807) is 11.1 Å². The van der Waals surface area contributed by atoms with E-state index < -0.39 is 5.97 Å². The number of pyridine rings is 1. The molecule has 2 aliphatic rings. The molecule has 1 aliphatic heterocycles. The zero-order valence-electron chi connectivity index (χ0n) is 21.2. The number of anilines is 2. The van der Waals surface area contributed by atoms with Crippen molar-refractivity contribution in [2.24, 2.45) is 17.8 Å². The number of carbonyl (C=O) groups is 3. The molecule has 0 radical (unpaired) electrons. The van der Waals surface area contributed by atoms with Crippen LogP contribution in [0.15, 0.2) is 48.7 Å². The van der Waals surface area contributed by atoms with E-state index in [2.05, 4.69) is 23.7 Å². The quantitative estimate of drug-likeness (QED) is 0.630. The fourth-order valence-electron chi connectivity index (χ4n) is 5.14. The highest BCUT2D eigenvalue weighted by Crippen LogP contribution is 2.30. The smallest absolute Gasteiger partial charge is 0.306 e. The van der Waals surface area contributed by atoms with Crippen LogP contribution in [0.1, 0.15) is 49.9 Å². The predicted octanol–water partition coefficient (Wildman–Crippen LogP) is 3.92. The van der Waals surface area contributed by atoms with Crippen molar-refractivity contribution in [3.63, 3.8) is 0 Å². The van der Waals surface area contributed by atoms with Gasteiger partial charge in [0.2, 0.25) is 5.91 Å². The van der Waals surface area contributed by atoms with Gasteiger partial charge >= 0.3 is 5.97 Å². The van der Waals surface area contributed by atoms with Gasteiger partial charge in [0.1, 0.15) is 5.82 Å². The minimum absolute atomic E-state index is 0.0611. The molecule has 1 saturated heterocycles. The number of carboxylic acid groups (broad SMARTS) is 1. The van der Waals surface area contributed by atoms with E-state index in [0.29, 0.717) is 69.9 Å². The highest BCUT2D eigenvalue weighted by Gasteiger charge is 2.33. The van der Waals surface area contributed by atoms with Gasteiger partial charge in [-0.05, 0) is 55.9 Å². The van der Waals surface area contributed by atoms with E-state index in [1.165, 1.54) is 0 Å². The third-order valence-corrected chi connectivity index (χ3v) is 7.20. The fourth-order valence-corrected chi connectivity index (χ4v) is 5.14. The predicted molar refractivity (Wildman–Crippen MR) is 139 cm³/mol. The molecule has 0 bridgehead atoms. The number of carboxylic acids is 1. The molecule has 1 aromatic heterocycles. The van der Waals surface area contributed by atoms with Crippen LogP contribution in [0.2, 0.25) is 0 Å². The minimum Gasteiger partial charge on any atom is -0.481 e. The van der Waals surface area contributed by atoms with Crippen molar-refractivity contribution in [1.82, 2.24) is 9.88 Å². The van der Waals surface area contributed by atoms with Gasteiger partial charge in [-0.1, -0.05) is 32.0 Å². The fraction of sp³-hybridized carbons (Fsp3) is 0.500. The molecule has 2 heterocycles. The van der Waals surface area contributed by atoms with Gasteiger partial charge in [-0.15, -0.1) is 0 Å². The lowest BCUT2D eigenvalue weighted by Crippen LogP contribution is -2.51. The van der Waals surface area contributed by atoms with Crippen molar-refractivity contribution in [2.45, 2.75) is 39.5 Å². The molecule has 2 fully saturated rings. The molecule has 0 atom stereocenters. The molecule has 36 heavy (non-hydrogen) atoms. The molecule has 0 unspecified atom stereocenters. The molecule has 0 spiro atoms. The first kappa shape index (κ1) is 25.7. The van der Waals surface area contributed by atoms with Crippen molar-refractivity contribution in [3.8, 4) is 0 Å². The molecule has 4 rings (SSSR count). The summed E-state index contributed by atoms with van der Waals surface area (Å²) in [6, 6.07) is 13.4. The number of piperazine rings is 1. The Morgan fingerprint density at radius 3 is 2.14 bits per heavy atom. The van der Waals surface area contributed by atoms with E-state index >= 15 is 0 Å². The molecule has 2 amide bonds. The van der Waals surface area contributed by atoms with Crippen molar-refractivity contribution in [2.75, 3.05) is 42.5 Å². The van der Waals surface area contributed by atoms with Gasteiger partial charge in [-0.3, -0.25) is 14.4 Å². The summed E-state index contributed by atoms with van der Waals surface area (Å²) in [7, 11) is 0. The van der Waals surface area contributed by atoms with Crippen molar-refractivity contribution < 1.29 is 19.5 Å². The van der Waals surface area contributed by atoms with Crippen LogP contribution in [0.25, 0.3) is 0 Å². The van der Waals surface area contributed by atoms with Gasteiger partial charge in [0, 0.05) is 50.5 Å². The lowest BCUT2D eigenvalue weighted by atomic mass is 9.81. The second-order valence-corrected chi connectivity index (χ2v) is 10.2. The lowest BCUT2D eigenvalue weighted by molar-refractivity contribution is -0.145. The maximum atomic E-state index is 13.3. The molecule has 1 aromatic carbocycles. The largest absolute Gasteiger partial charge is 0.481 e. The lowest BCUT2D eigenvalue weighted by Gasteiger charge is -2.38. The van der Waals surface area contributed by atoms with Crippen molar-refractivity contribution in [1.29, 1.82) is 0 Å². The monoisotopic (exact) mass is 492 g/mol. The first-order valence-corrected chi connectivity index (χ1v) is 12.9. The maximum Gasteiger partial charge on any atom is 0.306 e. The number of nitrogens with zero attached hydrogens (tertiary/aromatic N) is 4. The highest BCUT2D eigenvalue weighted by atomic mass is 16.4. The van der Waals surface area contributed by atoms with Gasteiger partial charge in [0.25, 0.3) is 5.91 Å². The molecule has 1 aliphatic carbocycles. The van der Waals surface area contributed by atoms with Gasteiger partial charge in [0.05, 0.1) is 11.5 Å². The summed E-state index contributed by atoms with van der Waals surface area (Å²) in [5.41, 5.74) is 1.42. The molecular weight excluding hydrogens is 456 g/mol. The van der Waals surface area contributed by atoms with E-state index in [-0.39, 0.29) is 23.7 Å². The second kappa shape index (κ2) is 11.5. The Hall–Kier alpha value is -3.42. The summed E-state index contributed by atoms with van der Waals surface area (Å²) in [5.74, 6) is 0.0947. The number of aromatic nitrogens is 1. The molecule has 8 heteroatoms. The second-order valence-electron chi connectivity index (χ2n) is 10.2. The van der Waals surface area contributed by atoms with Crippen LogP contribution in [-0.4, -0.2) is 65.5 Å².